The number of pyridine rings is 1. The van der Waals surface area contributed by atoms with Crippen LogP contribution in [-0.2, 0) is 22.1 Å². The van der Waals surface area contributed by atoms with Crippen LogP contribution >= 0.6 is 0 Å². The number of carbonyl (C=O) groups excluding carboxylic acids is 1. The third-order valence-electron chi connectivity index (χ3n) is 6.70. The second-order valence-corrected chi connectivity index (χ2v) is 8.58. The molecule has 170 valence electrons. The van der Waals surface area contributed by atoms with Crippen LogP contribution in [-0.4, -0.2) is 47.3 Å². The number of methoxy groups -OCH3 is 1. The summed E-state index contributed by atoms with van der Waals surface area (Å²) in [4.78, 5) is 19.0. The van der Waals surface area contributed by atoms with Crippen LogP contribution in [0.25, 0.3) is 11.1 Å². The van der Waals surface area contributed by atoms with Crippen molar-refractivity contribution < 1.29 is 27.2 Å². The number of piperidine rings is 1. The first-order valence-corrected chi connectivity index (χ1v) is 11.0. The van der Waals surface area contributed by atoms with Gasteiger partial charge in [0.25, 0.3) is 5.71 Å². The van der Waals surface area contributed by atoms with Gasteiger partial charge in [0.2, 0.25) is 5.91 Å². The van der Waals surface area contributed by atoms with E-state index >= 15 is 0 Å². The van der Waals surface area contributed by atoms with Crippen LogP contribution in [0.1, 0.15) is 68.3 Å². The van der Waals surface area contributed by atoms with E-state index in [0.717, 1.165) is 31.7 Å². The summed E-state index contributed by atoms with van der Waals surface area (Å²) in [6, 6.07) is 1.09. The number of fused-ring (bicyclic) bond motifs is 1. The molecule has 1 aliphatic heterocycles. The largest absolute Gasteiger partial charge is 0.417 e. The monoisotopic (exact) mass is 439 g/mol. The lowest BCUT2D eigenvalue weighted by Gasteiger charge is -2.36. The van der Waals surface area contributed by atoms with Gasteiger partial charge in [0.15, 0.2) is 0 Å². The minimum atomic E-state index is -4.51. The van der Waals surface area contributed by atoms with Crippen LogP contribution in [0.5, 0.6) is 0 Å². The van der Waals surface area contributed by atoms with E-state index in [9.17, 15) is 18.0 Å². The minimum Gasteiger partial charge on any atom is -0.381 e. The molecule has 2 atom stereocenters. The molecule has 0 spiro atoms. The van der Waals surface area contributed by atoms with Crippen LogP contribution < -0.4 is 0 Å². The van der Waals surface area contributed by atoms with E-state index in [2.05, 4.69) is 10.1 Å². The lowest BCUT2D eigenvalue weighted by Crippen LogP contribution is -2.43. The van der Waals surface area contributed by atoms with E-state index in [-0.39, 0.29) is 34.9 Å². The van der Waals surface area contributed by atoms with Crippen LogP contribution in [0.4, 0.5) is 13.2 Å². The van der Waals surface area contributed by atoms with Crippen molar-refractivity contribution in [3.63, 3.8) is 0 Å². The van der Waals surface area contributed by atoms with E-state index in [1.54, 1.807) is 14.0 Å². The lowest BCUT2D eigenvalue weighted by atomic mass is 9.85. The van der Waals surface area contributed by atoms with Crippen LogP contribution in [0.2, 0.25) is 0 Å². The number of aryl methyl sites for hydroxylation is 1. The molecule has 2 fully saturated rings. The molecule has 1 aliphatic carbocycles. The molecule has 1 saturated heterocycles. The van der Waals surface area contributed by atoms with E-state index in [4.69, 9.17) is 9.26 Å². The van der Waals surface area contributed by atoms with Gasteiger partial charge in [-0.05, 0) is 44.6 Å². The van der Waals surface area contributed by atoms with Gasteiger partial charge in [0.1, 0.15) is 0 Å². The Balaban J connectivity index is 1.51. The average Bonchev–Trinajstić information content (AvgIpc) is 3.21. The number of nitrogens with zero attached hydrogens (tertiary/aromatic N) is 3. The summed E-state index contributed by atoms with van der Waals surface area (Å²) in [5, 5.41) is 3.95. The number of aromatic nitrogens is 2. The van der Waals surface area contributed by atoms with Gasteiger partial charge < -0.3 is 14.2 Å². The predicted molar refractivity (Wildman–Crippen MR) is 107 cm³/mol. The standard InChI is InChI=1S/C22H28F3N3O3/c1-3-15-12-17(22(23,24)25)18-19(27-31-20(18)26-15)13-7-9-28(10-8-13)21(29)14-5-4-6-16(11-14)30-2/h12-14,16H,3-11H2,1-2H3/t14-,16-/m1/s1. The number of likely N-dealkylation sites (tertiary alicyclic amines) is 1. The Morgan fingerprint density at radius 2 is 2.00 bits per heavy atom. The maximum atomic E-state index is 13.7. The van der Waals surface area contributed by atoms with Gasteiger partial charge >= 0.3 is 6.18 Å². The Labute approximate surface area is 179 Å². The third-order valence-corrected chi connectivity index (χ3v) is 6.70. The van der Waals surface area contributed by atoms with Crippen LogP contribution in [0.3, 0.4) is 0 Å². The summed E-state index contributed by atoms with van der Waals surface area (Å²) in [5.41, 5.74) is -0.170. The first kappa shape index (κ1) is 22.0. The number of amides is 1. The van der Waals surface area contributed by atoms with Crippen LogP contribution in [0, 0.1) is 5.92 Å². The number of ether oxygens (including phenoxy) is 1. The van der Waals surface area contributed by atoms with Gasteiger partial charge in [-0.3, -0.25) is 4.79 Å². The number of halogens is 3. The van der Waals surface area contributed by atoms with Gasteiger partial charge in [-0.1, -0.05) is 18.5 Å². The summed E-state index contributed by atoms with van der Waals surface area (Å²) in [7, 11) is 1.68. The molecular formula is C22H28F3N3O3. The molecule has 4 rings (SSSR count). The first-order chi connectivity index (χ1) is 14.8. The molecule has 2 aromatic heterocycles. The number of rotatable bonds is 4. The second kappa shape index (κ2) is 8.76. The molecule has 0 unspecified atom stereocenters. The minimum absolute atomic E-state index is 0.0309. The van der Waals surface area contributed by atoms with Crippen molar-refractivity contribution in [2.45, 2.75) is 70.1 Å². The molecule has 0 N–H and O–H groups in total. The number of hydrogen-bond acceptors (Lipinski definition) is 5. The van der Waals surface area contributed by atoms with Crippen molar-refractivity contribution in [1.82, 2.24) is 15.0 Å². The molecule has 2 aliphatic rings. The summed E-state index contributed by atoms with van der Waals surface area (Å²) < 4.78 is 51.9. The van der Waals surface area contributed by atoms with Crippen molar-refractivity contribution >= 4 is 17.0 Å². The number of alkyl halides is 3. The molecule has 0 bridgehead atoms. The zero-order chi connectivity index (χ0) is 22.2. The van der Waals surface area contributed by atoms with Crippen molar-refractivity contribution in [1.29, 1.82) is 0 Å². The van der Waals surface area contributed by atoms with Gasteiger partial charge in [0, 0.05) is 37.7 Å². The van der Waals surface area contributed by atoms with Crippen molar-refractivity contribution in [3.8, 4) is 0 Å². The second-order valence-electron chi connectivity index (χ2n) is 8.58. The smallest absolute Gasteiger partial charge is 0.381 e. The molecule has 0 radical (unpaired) electrons. The quantitative estimate of drug-likeness (QED) is 0.690. The van der Waals surface area contributed by atoms with E-state index in [1.807, 2.05) is 4.90 Å². The third kappa shape index (κ3) is 4.42. The van der Waals surface area contributed by atoms with Gasteiger partial charge in [-0.25, -0.2) is 4.98 Å². The average molecular weight is 439 g/mol. The van der Waals surface area contributed by atoms with E-state index in [0.29, 0.717) is 43.7 Å². The van der Waals surface area contributed by atoms with E-state index in [1.165, 1.54) is 0 Å². The Morgan fingerprint density at radius 1 is 1.26 bits per heavy atom. The highest BCUT2D eigenvalue weighted by molar-refractivity contribution is 5.82. The Morgan fingerprint density at radius 3 is 2.65 bits per heavy atom. The maximum absolute atomic E-state index is 13.7. The summed E-state index contributed by atoms with van der Waals surface area (Å²) in [5.74, 6) is -0.0918. The summed E-state index contributed by atoms with van der Waals surface area (Å²) in [6.07, 6.45) is 0.669. The molecule has 3 heterocycles. The number of carbonyl (C=O) groups is 1. The summed E-state index contributed by atoms with van der Waals surface area (Å²) in [6.45, 7) is 2.77. The highest BCUT2D eigenvalue weighted by atomic mass is 19.4. The van der Waals surface area contributed by atoms with Crippen molar-refractivity contribution in [3.05, 3.63) is 23.0 Å². The van der Waals surface area contributed by atoms with E-state index < -0.39 is 11.7 Å². The van der Waals surface area contributed by atoms with Gasteiger partial charge in [0.05, 0.1) is 22.7 Å². The Bertz CT molecular complexity index is 935. The highest BCUT2D eigenvalue weighted by Gasteiger charge is 2.38. The summed E-state index contributed by atoms with van der Waals surface area (Å²) >= 11 is 0. The highest BCUT2D eigenvalue weighted by Crippen LogP contribution is 2.41. The fourth-order valence-corrected chi connectivity index (χ4v) is 4.92. The first-order valence-electron chi connectivity index (χ1n) is 11.0. The Hall–Kier alpha value is -2.16. The molecule has 0 aromatic carbocycles. The number of hydrogen-bond donors (Lipinski definition) is 0. The topological polar surface area (TPSA) is 68.5 Å². The zero-order valence-electron chi connectivity index (χ0n) is 17.9. The van der Waals surface area contributed by atoms with Crippen LogP contribution in [0.15, 0.2) is 10.6 Å². The zero-order valence-corrected chi connectivity index (χ0v) is 17.9. The van der Waals surface area contributed by atoms with Crippen molar-refractivity contribution in [2.24, 2.45) is 5.92 Å². The molecule has 1 amide bonds. The molecule has 31 heavy (non-hydrogen) atoms. The van der Waals surface area contributed by atoms with Crippen molar-refractivity contribution in [2.75, 3.05) is 20.2 Å². The molecule has 2 aromatic rings. The molecule has 9 heteroatoms. The molecule has 1 saturated carbocycles. The molecular weight excluding hydrogens is 411 g/mol. The Kier molecular flexibility index (Phi) is 6.23. The lowest BCUT2D eigenvalue weighted by molar-refractivity contribution is -0.139. The predicted octanol–water partition coefficient (Wildman–Crippen LogP) is 4.72. The normalized spacial score (nSPS) is 23.5. The fraction of sp³-hybridized carbons (Fsp3) is 0.682. The van der Waals surface area contributed by atoms with Gasteiger partial charge in [-0.15, -0.1) is 0 Å². The molecule has 6 nitrogen and oxygen atoms in total. The maximum Gasteiger partial charge on any atom is 0.417 e. The fourth-order valence-electron chi connectivity index (χ4n) is 4.92. The SMILES string of the molecule is CCc1cc(C(F)(F)F)c2c(C3CCN(C(=O)[C@@H]4CCC[C@@H](OC)C4)CC3)noc2n1. The van der Waals surface area contributed by atoms with Gasteiger partial charge in [-0.2, -0.15) is 13.2 Å².